The summed E-state index contributed by atoms with van der Waals surface area (Å²) in [6, 6.07) is 7.65. The average Bonchev–Trinajstić information content (AvgIpc) is 2.83. The summed E-state index contributed by atoms with van der Waals surface area (Å²) in [4.78, 5) is 24.0. The van der Waals surface area contributed by atoms with Gasteiger partial charge in [0.1, 0.15) is 27.0 Å². The van der Waals surface area contributed by atoms with Gasteiger partial charge in [-0.15, -0.1) is 0 Å². The number of nitrogens with one attached hydrogen (secondary N) is 1. The first-order valence-electron chi connectivity index (χ1n) is 11.2. The summed E-state index contributed by atoms with van der Waals surface area (Å²) in [6.07, 6.45) is 3.13. The van der Waals surface area contributed by atoms with Gasteiger partial charge >= 0.3 is 6.18 Å². The average molecular weight is 517 g/mol. The van der Waals surface area contributed by atoms with Gasteiger partial charge in [0.15, 0.2) is 12.3 Å². The van der Waals surface area contributed by atoms with E-state index in [1.807, 2.05) is 14.1 Å². The van der Waals surface area contributed by atoms with Gasteiger partial charge in [0, 0.05) is 37.3 Å². The molecule has 4 rings (SSSR count). The maximum Gasteiger partial charge on any atom is 0.422 e. The molecule has 1 aromatic carbocycles. The van der Waals surface area contributed by atoms with E-state index in [1.165, 1.54) is 22.8 Å². The minimum Gasteiger partial charge on any atom is -0.510 e. The summed E-state index contributed by atoms with van der Waals surface area (Å²) in [5.74, 6) is -1.11. The summed E-state index contributed by atoms with van der Waals surface area (Å²) in [6.45, 7) is -1.56. The number of fused-ring (bicyclic) bond motifs is 1. The number of pyridine rings is 1. The summed E-state index contributed by atoms with van der Waals surface area (Å²) in [5.41, 5.74) is 1.65. The smallest absolute Gasteiger partial charge is 0.422 e. The van der Waals surface area contributed by atoms with Crippen LogP contribution in [0.5, 0.6) is 11.6 Å². The van der Waals surface area contributed by atoms with Crippen molar-refractivity contribution < 1.29 is 22.6 Å². The highest BCUT2D eigenvalue weighted by molar-refractivity contribution is 6.34. The molecule has 0 amide bonds. The lowest BCUT2D eigenvalue weighted by molar-refractivity contribution is -0.154. The second-order valence-electron chi connectivity index (χ2n) is 8.49. The zero-order valence-electron chi connectivity index (χ0n) is 20.4. The van der Waals surface area contributed by atoms with Crippen molar-refractivity contribution in [3.05, 3.63) is 82.4 Å². The van der Waals surface area contributed by atoms with Gasteiger partial charge in [0.05, 0.1) is 17.6 Å². The molecular weight excluding hydrogens is 497 g/mol. The normalized spacial score (nSPS) is 14.7. The first-order chi connectivity index (χ1) is 17.9. The van der Waals surface area contributed by atoms with Crippen LogP contribution in [0.3, 0.4) is 0 Å². The van der Waals surface area contributed by atoms with Crippen LogP contribution in [0.4, 0.5) is 13.2 Å². The Morgan fingerprint density at radius 1 is 1.18 bits per heavy atom. The van der Waals surface area contributed by atoms with E-state index in [1.54, 1.807) is 41.5 Å². The zero-order valence-corrected chi connectivity index (χ0v) is 20.4. The van der Waals surface area contributed by atoms with Gasteiger partial charge in [0.2, 0.25) is 5.88 Å². The number of benzene rings is 1. The van der Waals surface area contributed by atoms with E-state index >= 15 is 0 Å². The van der Waals surface area contributed by atoms with E-state index in [4.69, 9.17) is 30.6 Å². The Kier molecular flexibility index (Phi) is 7.47. The van der Waals surface area contributed by atoms with Crippen molar-refractivity contribution in [1.29, 1.82) is 5.41 Å². The molecule has 2 heterocycles. The molecule has 8 nitrogen and oxygen atoms in total. The number of ether oxygens (including phenoxy) is 2. The predicted molar refractivity (Wildman–Crippen MR) is 139 cm³/mol. The number of aromatic nitrogens is 3. The van der Waals surface area contributed by atoms with Gasteiger partial charge in [-0.25, -0.2) is 4.98 Å². The van der Waals surface area contributed by atoms with Crippen molar-refractivity contribution in [2.24, 2.45) is 0 Å². The van der Waals surface area contributed by atoms with Crippen LogP contribution >= 0.6 is 0 Å². The molecule has 190 valence electrons. The number of halogens is 3. The molecule has 3 aromatic rings. The number of allylic oxidation sites excluding steroid dienone is 5. The quantitative estimate of drug-likeness (QED) is 0.485. The van der Waals surface area contributed by atoms with Crippen LogP contribution in [0.15, 0.2) is 71.3 Å². The van der Waals surface area contributed by atoms with Crippen LogP contribution in [0.25, 0.3) is 22.4 Å². The summed E-state index contributed by atoms with van der Waals surface area (Å²) in [5, 5.41) is 8.17. The van der Waals surface area contributed by atoms with E-state index < -0.39 is 30.1 Å². The Balaban J connectivity index is 1.91. The highest BCUT2D eigenvalue weighted by atomic mass is 19.4. The number of rotatable bonds is 7. The van der Waals surface area contributed by atoms with Crippen molar-refractivity contribution >= 4 is 38.1 Å². The lowest BCUT2D eigenvalue weighted by atomic mass is 9.82. The highest BCUT2D eigenvalue weighted by Crippen LogP contribution is 2.26. The lowest BCUT2D eigenvalue weighted by Gasteiger charge is -2.17. The van der Waals surface area contributed by atoms with Crippen molar-refractivity contribution in [2.75, 3.05) is 20.7 Å². The fourth-order valence-corrected chi connectivity index (χ4v) is 3.67. The van der Waals surface area contributed by atoms with Crippen molar-refractivity contribution in [2.45, 2.75) is 12.1 Å². The Hall–Kier alpha value is -4.28. The van der Waals surface area contributed by atoms with Crippen LogP contribution in [-0.2, 0) is 0 Å². The number of alkyl halides is 3. The Morgan fingerprint density at radius 2 is 1.89 bits per heavy atom. The number of nitrogens with zero attached hydrogens (tertiary/aromatic N) is 4. The van der Waals surface area contributed by atoms with Crippen molar-refractivity contribution in [1.82, 2.24) is 19.4 Å². The van der Waals surface area contributed by atoms with Crippen molar-refractivity contribution in [3.63, 3.8) is 0 Å². The predicted octanol–water partition coefficient (Wildman–Crippen LogP) is 3.14. The number of hydrogen-bond donors (Lipinski definition) is 1. The molecule has 13 heteroatoms. The summed E-state index contributed by atoms with van der Waals surface area (Å²) >= 11 is 0. The molecule has 0 aliphatic heterocycles. The lowest BCUT2D eigenvalue weighted by Crippen LogP contribution is -2.24. The van der Waals surface area contributed by atoms with Gasteiger partial charge in [0.25, 0.3) is 5.56 Å². The van der Waals surface area contributed by atoms with E-state index in [0.29, 0.717) is 22.6 Å². The van der Waals surface area contributed by atoms with Gasteiger partial charge in [-0.1, -0.05) is 6.08 Å². The minimum atomic E-state index is -4.58. The van der Waals surface area contributed by atoms with Crippen LogP contribution in [0.2, 0.25) is 0 Å². The van der Waals surface area contributed by atoms with Gasteiger partial charge in [-0.05, 0) is 48.1 Å². The van der Waals surface area contributed by atoms with Gasteiger partial charge in [-0.2, -0.15) is 18.2 Å². The molecule has 2 aromatic heterocycles. The minimum absolute atomic E-state index is 0.0141. The molecule has 1 aliphatic carbocycles. The fourth-order valence-electron chi connectivity index (χ4n) is 3.67. The fraction of sp³-hybridized carbons (Fsp3) is 0.200. The molecule has 38 heavy (non-hydrogen) atoms. The van der Waals surface area contributed by atoms with E-state index in [-0.39, 0.29) is 22.4 Å². The first kappa shape index (κ1) is 26.8. The standard InChI is InChI=1S/C25H20B2F3N5O3/c1-34(2)12-15-9-14(3-8-19(15)31)18-10-20-22(33-21(11-32-20)37-13-25(28,29)30)35(23(18)36)16-4-6-17(7-5-16)38-24(26)27/h3-12,24,31H,13H2,1-2H3/b15-12-,31-19?. The molecule has 0 saturated heterocycles. The van der Waals surface area contributed by atoms with Gasteiger partial charge in [-0.3, -0.25) is 9.36 Å². The van der Waals surface area contributed by atoms with Crippen LogP contribution in [-0.4, -0.2) is 73.6 Å². The molecule has 0 unspecified atom stereocenters. The molecular formula is C25H20B2F3N5O3. The molecule has 4 radical (unpaired) electrons. The summed E-state index contributed by atoms with van der Waals surface area (Å²) in [7, 11) is 14.5. The Bertz CT molecular complexity index is 1530. The third-order valence-corrected chi connectivity index (χ3v) is 5.20. The van der Waals surface area contributed by atoms with Crippen LogP contribution in [0.1, 0.15) is 5.56 Å². The second kappa shape index (κ2) is 10.6. The molecule has 0 bridgehead atoms. The van der Waals surface area contributed by atoms with E-state index in [2.05, 4.69) is 9.97 Å². The van der Waals surface area contributed by atoms with Gasteiger partial charge < -0.3 is 19.8 Å². The number of hydrogen-bond acceptors (Lipinski definition) is 7. The zero-order chi connectivity index (χ0) is 27.6. The van der Waals surface area contributed by atoms with Crippen molar-refractivity contribution in [3.8, 4) is 17.3 Å². The van der Waals surface area contributed by atoms with E-state index in [0.717, 1.165) is 6.20 Å². The molecule has 1 aliphatic rings. The maximum atomic E-state index is 13.8. The Morgan fingerprint density at radius 3 is 2.53 bits per heavy atom. The molecule has 0 atom stereocenters. The molecule has 1 N–H and O–H groups in total. The third-order valence-electron chi connectivity index (χ3n) is 5.20. The highest BCUT2D eigenvalue weighted by Gasteiger charge is 2.29. The molecule has 0 saturated carbocycles. The van der Waals surface area contributed by atoms with Crippen LogP contribution in [0, 0.1) is 5.41 Å². The SMILES string of the molecule is [B]C([B])Oc1ccc(-n2c(=O)c(C3=C/C(=C/N(C)C)C(=N)C=C3)cc3ncc(OCC(F)(F)F)nc32)cc1. The molecule has 0 fully saturated rings. The van der Waals surface area contributed by atoms with E-state index in [9.17, 15) is 18.0 Å². The topological polar surface area (TPSA) is 93.3 Å². The first-order valence-corrected chi connectivity index (χ1v) is 11.2. The summed E-state index contributed by atoms with van der Waals surface area (Å²) < 4.78 is 49.3. The molecule has 0 spiro atoms. The van der Waals surface area contributed by atoms with Crippen LogP contribution < -0.4 is 15.0 Å². The largest absolute Gasteiger partial charge is 0.510 e. The monoisotopic (exact) mass is 517 g/mol. The Labute approximate surface area is 218 Å². The maximum absolute atomic E-state index is 13.8. The third kappa shape index (κ3) is 6.16. The second-order valence-corrected chi connectivity index (χ2v) is 8.49.